The number of benzene rings is 2. The number of aromatic nitrogens is 2. The zero-order valence-corrected chi connectivity index (χ0v) is 19.7. The monoisotopic (exact) mass is 489 g/mol. The minimum absolute atomic E-state index is 0.119. The van der Waals surface area contributed by atoms with Crippen molar-refractivity contribution in [2.75, 3.05) is 14.2 Å². The van der Waals surface area contributed by atoms with Crippen LogP contribution in [0.15, 0.2) is 69.8 Å². The van der Waals surface area contributed by atoms with E-state index in [-0.39, 0.29) is 30.7 Å². The first-order valence-corrected chi connectivity index (χ1v) is 11.2. The number of rotatable bonds is 7. The van der Waals surface area contributed by atoms with E-state index < -0.39 is 12.0 Å². The van der Waals surface area contributed by atoms with Crippen LogP contribution in [0.4, 0.5) is 0 Å². The molecule has 0 radical (unpaired) electrons. The van der Waals surface area contributed by atoms with Crippen molar-refractivity contribution < 1.29 is 32.7 Å². The Morgan fingerprint density at radius 1 is 1.03 bits per heavy atom. The van der Waals surface area contributed by atoms with Crippen molar-refractivity contribution in [2.24, 2.45) is 0 Å². The average molecular weight is 489 g/mol. The molecule has 2 aromatic heterocycles. The number of esters is 1. The predicted molar refractivity (Wildman–Crippen MR) is 125 cm³/mol. The van der Waals surface area contributed by atoms with Crippen molar-refractivity contribution in [1.29, 1.82) is 0 Å². The van der Waals surface area contributed by atoms with Crippen molar-refractivity contribution in [3.8, 4) is 22.9 Å². The Morgan fingerprint density at radius 2 is 1.83 bits per heavy atom. The molecule has 0 aliphatic carbocycles. The number of methoxy groups -OCH3 is 2. The molecule has 3 heterocycles. The van der Waals surface area contributed by atoms with Gasteiger partial charge in [0.2, 0.25) is 5.82 Å². The third kappa shape index (κ3) is 4.52. The van der Waals surface area contributed by atoms with Crippen molar-refractivity contribution in [1.82, 2.24) is 15.0 Å². The highest BCUT2D eigenvalue weighted by molar-refractivity contribution is 5.95. The highest BCUT2D eigenvalue weighted by Crippen LogP contribution is 2.31. The normalized spacial score (nSPS) is 14.7. The molecule has 0 saturated carbocycles. The lowest BCUT2D eigenvalue weighted by Crippen LogP contribution is -2.49. The predicted octanol–water partition coefficient (Wildman–Crippen LogP) is 3.66. The van der Waals surface area contributed by atoms with Crippen molar-refractivity contribution >= 4 is 11.9 Å². The maximum absolute atomic E-state index is 13.1. The van der Waals surface area contributed by atoms with Gasteiger partial charge < -0.3 is 28.1 Å². The summed E-state index contributed by atoms with van der Waals surface area (Å²) >= 11 is 0. The van der Waals surface area contributed by atoms with Gasteiger partial charge in [0.1, 0.15) is 6.04 Å². The summed E-state index contributed by atoms with van der Waals surface area (Å²) in [5.74, 6) is 0.716. The molecule has 1 aliphatic heterocycles. The van der Waals surface area contributed by atoms with Crippen molar-refractivity contribution in [3.05, 3.63) is 83.6 Å². The van der Waals surface area contributed by atoms with Crippen LogP contribution in [0.2, 0.25) is 0 Å². The number of furan rings is 1. The Labute approximate surface area is 206 Å². The van der Waals surface area contributed by atoms with Gasteiger partial charge in [-0.3, -0.25) is 4.79 Å². The van der Waals surface area contributed by atoms with E-state index in [0.29, 0.717) is 29.3 Å². The molecule has 0 unspecified atom stereocenters. The van der Waals surface area contributed by atoms with Crippen LogP contribution in [0.3, 0.4) is 0 Å². The molecule has 1 amide bonds. The average Bonchev–Trinajstić information content (AvgIpc) is 3.63. The third-order valence-electron chi connectivity index (χ3n) is 5.96. The maximum Gasteiger partial charge on any atom is 0.329 e. The summed E-state index contributed by atoms with van der Waals surface area (Å²) in [4.78, 5) is 32.0. The number of nitrogens with zero attached hydrogens (tertiary/aromatic N) is 3. The van der Waals surface area contributed by atoms with Crippen LogP contribution >= 0.6 is 0 Å². The molecular formula is C26H23N3O7. The standard InChI is InChI=1S/C26H23N3O7/c1-32-20-10-9-17(13-22(20)33-2)24-27-23(36-28-24)15-35-26(31)19-12-16-6-3-4-7-18(16)14-29(19)25(30)21-8-5-11-34-21/h3-11,13,19H,12,14-15H2,1-2H3/t19-/m0/s1. The first-order valence-electron chi connectivity index (χ1n) is 11.2. The molecular weight excluding hydrogens is 466 g/mol. The van der Waals surface area contributed by atoms with Crippen LogP contribution in [0.25, 0.3) is 11.4 Å². The quantitative estimate of drug-likeness (QED) is 0.359. The van der Waals surface area contributed by atoms with Gasteiger partial charge in [0.05, 0.1) is 20.5 Å². The molecule has 10 heteroatoms. The highest BCUT2D eigenvalue weighted by Gasteiger charge is 2.37. The number of hydrogen-bond acceptors (Lipinski definition) is 9. The molecule has 10 nitrogen and oxygen atoms in total. The van der Waals surface area contributed by atoms with E-state index in [0.717, 1.165) is 11.1 Å². The molecule has 1 atom stereocenters. The fourth-order valence-electron chi connectivity index (χ4n) is 4.12. The van der Waals surface area contributed by atoms with Crippen molar-refractivity contribution in [2.45, 2.75) is 25.6 Å². The van der Waals surface area contributed by atoms with E-state index in [1.165, 1.54) is 18.3 Å². The second-order valence-corrected chi connectivity index (χ2v) is 8.09. The second-order valence-electron chi connectivity index (χ2n) is 8.09. The van der Waals surface area contributed by atoms with Crippen molar-refractivity contribution in [3.63, 3.8) is 0 Å². The van der Waals surface area contributed by atoms with Crippen LogP contribution in [-0.4, -0.2) is 47.2 Å². The van der Waals surface area contributed by atoms with Gasteiger partial charge in [-0.2, -0.15) is 4.98 Å². The molecule has 5 rings (SSSR count). The number of amides is 1. The number of carbonyl (C=O) groups is 2. The fourth-order valence-corrected chi connectivity index (χ4v) is 4.12. The summed E-state index contributed by atoms with van der Waals surface area (Å²) in [6.07, 6.45) is 1.74. The van der Waals surface area contributed by atoms with E-state index >= 15 is 0 Å². The zero-order valence-electron chi connectivity index (χ0n) is 19.7. The third-order valence-corrected chi connectivity index (χ3v) is 5.96. The van der Waals surface area contributed by atoms with Crippen LogP contribution in [-0.2, 0) is 29.1 Å². The van der Waals surface area contributed by atoms with Crippen LogP contribution < -0.4 is 9.47 Å². The Hall–Kier alpha value is -4.60. The fraction of sp³-hybridized carbons (Fsp3) is 0.231. The highest BCUT2D eigenvalue weighted by atomic mass is 16.6. The first kappa shape index (κ1) is 23.2. The van der Waals surface area contributed by atoms with Gasteiger partial charge in [0.15, 0.2) is 23.9 Å². The van der Waals surface area contributed by atoms with Gasteiger partial charge in [-0.05, 0) is 41.5 Å². The number of ether oxygens (including phenoxy) is 3. The molecule has 36 heavy (non-hydrogen) atoms. The lowest BCUT2D eigenvalue weighted by atomic mass is 9.93. The topological polar surface area (TPSA) is 117 Å². The minimum Gasteiger partial charge on any atom is -0.493 e. The maximum atomic E-state index is 13.1. The molecule has 0 spiro atoms. The summed E-state index contributed by atoms with van der Waals surface area (Å²) < 4.78 is 26.6. The lowest BCUT2D eigenvalue weighted by molar-refractivity contribution is -0.151. The Kier molecular flexibility index (Phi) is 6.40. The zero-order chi connectivity index (χ0) is 25.1. The van der Waals surface area contributed by atoms with Gasteiger partial charge >= 0.3 is 5.97 Å². The molecule has 184 valence electrons. The van der Waals surface area contributed by atoms with Gasteiger partial charge in [-0.15, -0.1) is 0 Å². The van der Waals surface area contributed by atoms with Gasteiger partial charge in [0, 0.05) is 18.5 Å². The van der Waals surface area contributed by atoms with Gasteiger partial charge in [-0.1, -0.05) is 29.4 Å². The first-order chi connectivity index (χ1) is 17.6. The number of carbonyl (C=O) groups excluding carboxylic acids is 2. The van der Waals surface area contributed by atoms with E-state index in [9.17, 15) is 9.59 Å². The summed E-state index contributed by atoms with van der Waals surface area (Å²) in [7, 11) is 3.08. The molecule has 0 saturated heterocycles. The van der Waals surface area contributed by atoms with Crippen LogP contribution in [0.1, 0.15) is 27.6 Å². The van der Waals surface area contributed by atoms with Crippen LogP contribution in [0.5, 0.6) is 11.5 Å². The molecule has 1 aliphatic rings. The molecule has 4 aromatic rings. The molecule has 0 bridgehead atoms. The Morgan fingerprint density at radius 3 is 2.58 bits per heavy atom. The van der Waals surface area contributed by atoms with E-state index in [1.54, 1.807) is 37.4 Å². The molecule has 2 aromatic carbocycles. The smallest absolute Gasteiger partial charge is 0.329 e. The second kappa shape index (κ2) is 9.95. The summed E-state index contributed by atoms with van der Waals surface area (Å²) in [6.45, 7) is 0.0273. The SMILES string of the molecule is COc1ccc(-c2noc(COC(=O)[C@@H]3Cc4ccccc4CN3C(=O)c3ccco3)n2)cc1OC. The number of hydrogen-bond donors (Lipinski definition) is 0. The lowest BCUT2D eigenvalue weighted by Gasteiger charge is -2.34. The van der Waals surface area contributed by atoms with Gasteiger partial charge in [-0.25, -0.2) is 4.79 Å². The Bertz CT molecular complexity index is 1380. The summed E-state index contributed by atoms with van der Waals surface area (Å²) in [5, 5.41) is 3.96. The van der Waals surface area contributed by atoms with Crippen LogP contribution in [0, 0.1) is 0 Å². The van der Waals surface area contributed by atoms with Gasteiger partial charge in [0.25, 0.3) is 11.8 Å². The van der Waals surface area contributed by atoms with E-state index in [4.69, 9.17) is 23.2 Å². The van der Waals surface area contributed by atoms with E-state index in [2.05, 4.69) is 10.1 Å². The van der Waals surface area contributed by atoms with E-state index in [1.807, 2.05) is 24.3 Å². The molecule has 0 N–H and O–H groups in total. The molecule has 0 fully saturated rings. The minimum atomic E-state index is -0.828. The summed E-state index contributed by atoms with van der Waals surface area (Å²) in [5.41, 5.74) is 2.60. The Balaban J connectivity index is 1.31. The number of fused-ring (bicyclic) bond motifs is 1. The summed E-state index contributed by atoms with van der Waals surface area (Å²) in [6, 6.07) is 15.3. The largest absolute Gasteiger partial charge is 0.493 e.